The quantitative estimate of drug-likeness (QED) is 0.804. The van der Waals surface area contributed by atoms with Crippen molar-refractivity contribution in [3.05, 3.63) is 41.1 Å². The van der Waals surface area contributed by atoms with Gasteiger partial charge in [-0.25, -0.2) is 0 Å². The summed E-state index contributed by atoms with van der Waals surface area (Å²) in [7, 11) is 0. The average Bonchev–Trinajstić information content (AvgIpc) is 3.04. The van der Waals surface area contributed by atoms with E-state index in [-0.39, 0.29) is 5.91 Å². The first-order chi connectivity index (χ1) is 11.2. The number of benzene rings is 1. The van der Waals surface area contributed by atoms with Gasteiger partial charge in [0.2, 0.25) is 5.91 Å². The van der Waals surface area contributed by atoms with Crippen LogP contribution in [-0.2, 0) is 16.1 Å². The molecule has 5 nitrogen and oxygen atoms in total. The van der Waals surface area contributed by atoms with Gasteiger partial charge in [0, 0.05) is 42.3 Å². The van der Waals surface area contributed by atoms with E-state index in [1.54, 1.807) is 0 Å². The maximum atomic E-state index is 12.1. The number of rotatable bonds is 5. The summed E-state index contributed by atoms with van der Waals surface area (Å²) in [6.45, 7) is 3.49. The van der Waals surface area contributed by atoms with Crippen LogP contribution < -0.4 is 0 Å². The first-order valence-electron chi connectivity index (χ1n) is 7.86. The van der Waals surface area contributed by atoms with Gasteiger partial charge in [-0.2, -0.15) is 5.10 Å². The predicted molar refractivity (Wildman–Crippen MR) is 92.0 cm³/mol. The lowest BCUT2D eigenvalue weighted by Crippen LogP contribution is -2.40. The van der Waals surface area contributed by atoms with Gasteiger partial charge >= 0.3 is 0 Å². The molecule has 1 fully saturated rings. The van der Waals surface area contributed by atoms with Crippen LogP contribution in [0.15, 0.2) is 41.1 Å². The number of ether oxygens (including phenoxy) is 1. The monoisotopic (exact) mass is 377 g/mol. The molecule has 1 aromatic carbocycles. The van der Waals surface area contributed by atoms with Crippen molar-refractivity contribution < 1.29 is 9.53 Å². The number of carbonyl (C=O) groups is 1. The number of carbonyl (C=O) groups excluding carboxylic acids is 1. The molecule has 122 valence electrons. The van der Waals surface area contributed by atoms with E-state index in [0.717, 1.165) is 28.6 Å². The second-order valence-electron chi connectivity index (χ2n) is 5.60. The Morgan fingerprint density at radius 3 is 2.87 bits per heavy atom. The van der Waals surface area contributed by atoms with E-state index in [2.05, 4.69) is 33.2 Å². The van der Waals surface area contributed by atoms with Gasteiger partial charge < -0.3 is 9.64 Å². The van der Waals surface area contributed by atoms with Gasteiger partial charge in [-0.05, 0) is 24.1 Å². The van der Waals surface area contributed by atoms with Crippen LogP contribution in [0, 0.1) is 0 Å². The van der Waals surface area contributed by atoms with Gasteiger partial charge in [-0.1, -0.05) is 28.1 Å². The molecule has 0 spiro atoms. The highest BCUT2D eigenvalue weighted by Crippen LogP contribution is 2.22. The summed E-state index contributed by atoms with van der Waals surface area (Å²) in [4.78, 5) is 14.0. The molecule has 0 unspecified atom stereocenters. The highest BCUT2D eigenvalue weighted by atomic mass is 79.9. The van der Waals surface area contributed by atoms with Crippen LogP contribution in [0.4, 0.5) is 0 Å². The summed E-state index contributed by atoms with van der Waals surface area (Å²) in [5.74, 6) is 0.215. The fourth-order valence-electron chi connectivity index (χ4n) is 2.67. The lowest BCUT2D eigenvalue weighted by atomic mass is 10.1. The summed E-state index contributed by atoms with van der Waals surface area (Å²) in [6, 6.07) is 8.15. The van der Waals surface area contributed by atoms with Crippen LogP contribution in [0.5, 0.6) is 0 Å². The Hall–Kier alpha value is -1.66. The molecule has 0 N–H and O–H groups in total. The first-order valence-corrected chi connectivity index (χ1v) is 8.65. The maximum absolute atomic E-state index is 12.1. The summed E-state index contributed by atoms with van der Waals surface area (Å²) in [6.07, 6.45) is 5.26. The molecule has 0 saturated carbocycles. The number of hydrogen-bond donors (Lipinski definition) is 0. The summed E-state index contributed by atoms with van der Waals surface area (Å²) in [5.41, 5.74) is 2.22. The maximum Gasteiger partial charge on any atom is 0.222 e. The van der Waals surface area contributed by atoms with Crippen molar-refractivity contribution in [1.82, 2.24) is 14.7 Å². The van der Waals surface area contributed by atoms with Gasteiger partial charge in [-0.3, -0.25) is 9.48 Å². The van der Waals surface area contributed by atoms with Crippen LogP contribution in [0.3, 0.4) is 0 Å². The summed E-state index contributed by atoms with van der Waals surface area (Å²) < 4.78 is 8.23. The van der Waals surface area contributed by atoms with Crippen LogP contribution >= 0.6 is 15.9 Å². The van der Waals surface area contributed by atoms with Crippen LogP contribution in [0.25, 0.3) is 11.1 Å². The zero-order valence-corrected chi connectivity index (χ0v) is 14.5. The van der Waals surface area contributed by atoms with Crippen LogP contribution in [0.1, 0.15) is 12.8 Å². The van der Waals surface area contributed by atoms with Crippen molar-refractivity contribution in [2.45, 2.75) is 19.4 Å². The summed E-state index contributed by atoms with van der Waals surface area (Å²) >= 11 is 3.48. The number of nitrogens with zero attached hydrogens (tertiary/aromatic N) is 3. The lowest BCUT2D eigenvalue weighted by Gasteiger charge is -2.26. The molecule has 1 aliphatic heterocycles. The molecule has 1 aromatic heterocycles. The molecule has 0 radical (unpaired) electrons. The Kier molecular flexibility index (Phi) is 5.46. The van der Waals surface area contributed by atoms with Crippen molar-refractivity contribution in [2.75, 3.05) is 26.3 Å². The highest BCUT2D eigenvalue weighted by Gasteiger charge is 2.16. The SMILES string of the molecule is O=C(CCCn1cc(-c2cccc(Br)c2)cn1)N1CCOCC1. The number of halogens is 1. The normalized spacial score (nSPS) is 14.9. The minimum Gasteiger partial charge on any atom is -0.378 e. The minimum absolute atomic E-state index is 0.215. The molecular weight excluding hydrogens is 358 g/mol. The average molecular weight is 378 g/mol. The molecule has 6 heteroatoms. The predicted octanol–water partition coefficient (Wildman–Crippen LogP) is 2.95. The number of morpholine rings is 1. The Bertz CT molecular complexity index is 665. The second-order valence-corrected chi connectivity index (χ2v) is 6.51. The molecule has 1 aliphatic rings. The Labute approximate surface area is 144 Å². The molecule has 2 heterocycles. The molecular formula is C17H20BrN3O2. The van der Waals surface area contributed by atoms with E-state index in [0.29, 0.717) is 32.7 Å². The van der Waals surface area contributed by atoms with Crippen LogP contribution in [0.2, 0.25) is 0 Å². The van der Waals surface area contributed by atoms with Crippen molar-refractivity contribution in [3.63, 3.8) is 0 Å². The van der Waals surface area contributed by atoms with E-state index in [1.807, 2.05) is 34.1 Å². The smallest absolute Gasteiger partial charge is 0.222 e. The van der Waals surface area contributed by atoms with E-state index in [4.69, 9.17) is 4.74 Å². The molecule has 1 amide bonds. The third-order valence-electron chi connectivity index (χ3n) is 3.93. The highest BCUT2D eigenvalue weighted by molar-refractivity contribution is 9.10. The fourth-order valence-corrected chi connectivity index (χ4v) is 3.07. The largest absolute Gasteiger partial charge is 0.378 e. The van der Waals surface area contributed by atoms with Crippen LogP contribution in [-0.4, -0.2) is 46.9 Å². The molecule has 2 aromatic rings. The molecule has 1 saturated heterocycles. The van der Waals surface area contributed by atoms with Gasteiger partial charge in [0.25, 0.3) is 0 Å². The van der Waals surface area contributed by atoms with Crippen molar-refractivity contribution in [2.24, 2.45) is 0 Å². The number of aryl methyl sites for hydroxylation is 1. The fraction of sp³-hybridized carbons (Fsp3) is 0.412. The topological polar surface area (TPSA) is 47.4 Å². The molecule has 23 heavy (non-hydrogen) atoms. The molecule has 3 rings (SSSR count). The van der Waals surface area contributed by atoms with Gasteiger partial charge in [-0.15, -0.1) is 0 Å². The number of hydrogen-bond acceptors (Lipinski definition) is 3. The first kappa shape index (κ1) is 16.2. The van der Waals surface area contributed by atoms with E-state index in [9.17, 15) is 4.79 Å². The van der Waals surface area contributed by atoms with E-state index in [1.165, 1.54) is 0 Å². The summed E-state index contributed by atoms with van der Waals surface area (Å²) in [5, 5.41) is 4.39. The van der Waals surface area contributed by atoms with Gasteiger partial charge in [0.15, 0.2) is 0 Å². The minimum atomic E-state index is 0.215. The third-order valence-corrected chi connectivity index (χ3v) is 4.43. The van der Waals surface area contributed by atoms with Crippen molar-refractivity contribution in [3.8, 4) is 11.1 Å². The Balaban J connectivity index is 1.50. The second kappa shape index (κ2) is 7.75. The van der Waals surface area contributed by atoms with Gasteiger partial charge in [0.05, 0.1) is 19.4 Å². The van der Waals surface area contributed by atoms with Crippen molar-refractivity contribution >= 4 is 21.8 Å². The molecule has 0 aliphatic carbocycles. The lowest BCUT2D eigenvalue weighted by molar-refractivity contribution is -0.135. The Morgan fingerprint density at radius 1 is 1.26 bits per heavy atom. The Morgan fingerprint density at radius 2 is 2.09 bits per heavy atom. The third kappa shape index (κ3) is 4.42. The number of aromatic nitrogens is 2. The van der Waals surface area contributed by atoms with E-state index >= 15 is 0 Å². The molecule has 0 atom stereocenters. The molecule has 0 bridgehead atoms. The number of amides is 1. The standard InChI is InChI=1S/C17H20BrN3O2/c18-16-4-1-3-14(11-16)15-12-19-21(13-15)6-2-5-17(22)20-7-9-23-10-8-20/h1,3-4,11-13H,2,5-10H2. The zero-order chi connectivity index (χ0) is 16.1. The zero-order valence-electron chi connectivity index (χ0n) is 12.9. The van der Waals surface area contributed by atoms with Crippen molar-refractivity contribution in [1.29, 1.82) is 0 Å². The van der Waals surface area contributed by atoms with E-state index < -0.39 is 0 Å². The van der Waals surface area contributed by atoms with Gasteiger partial charge in [0.1, 0.15) is 0 Å².